The molecule has 0 spiro atoms. The van der Waals surface area contributed by atoms with Crippen LogP contribution in [0.5, 0.6) is 0 Å². The van der Waals surface area contributed by atoms with Crippen molar-refractivity contribution in [3.8, 4) is 0 Å². The molecule has 1 aliphatic heterocycles. The minimum atomic E-state index is -1.14. The first-order valence-electron chi connectivity index (χ1n) is 9.62. The van der Waals surface area contributed by atoms with Gasteiger partial charge in [0.05, 0.1) is 36.6 Å². The molecule has 9 heteroatoms. The molecule has 0 fully saturated rings. The first-order valence-corrected chi connectivity index (χ1v) is 10.4. The molecule has 32 heavy (non-hydrogen) atoms. The Morgan fingerprint density at radius 2 is 1.78 bits per heavy atom. The van der Waals surface area contributed by atoms with Crippen molar-refractivity contribution in [3.63, 3.8) is 0 Å². The summed E-state index contributed by atoms with van der Waals surface area (Å²) in [6, 6.07) is 13.4. The highest BCUT2D eigenvalue weighted by molar-refractivity contribution is 9.10. The Bertz CT molecular complexity index is 1080. The van der Waals surface area contributed by atoms with E-state index in [4.69, 9.17) is 4.74 Å². The second kappa shape index (κ2) is 10.3. The van der Waals surface area contributed by atoms with Crippen molar-refractivity contribution in [3.05, 3.63) is 69.7 Å². The van der Waals surface area contributed by atoms with Gasteiger partial charge in [-0.2, -0.15) is 5.10 Å². The highest BCUT2D eigenvalue weighted by atomic mass is 79.9. The van der Waals surface area contributed by atoms with E-state index in [9.17, 15) is 19.5 Å². The summed E-state index contributed by atoms with van der Waals surface area (Å²) in [4.78, 5) is 36.6. The molecule has 0 aliphatic carbocycles. The van der Waals surface area contributed by atoms with Gasteiger partial charge in [-0.05, 0) is 54.5 Å². The molecule has 0 bridgehead atoms. The first kappa shape index (κ1) is 23.4. The van der Waals surface area contributed by atoms with Gasteiger partial charge in [0, 0.05) is 17.2 Å². The SMILES string of the molecule is COCC1=NN(c2ccc(Br)cc2)C(=O)C1C/C(=C/c1ccc(C(=O)OC)cc1)C(=O)O. The minimum absolute atomic E-state index is 0.0376. The third kappa shape index (κ3) is 5.30. The third-order valence-corrected chi connectivity index (χ3v) is 5.40. The lowest BCUT2D eigenvalue weighted by Gasteiger charge is -2.15. The van der Waals surface area contributed by atoms with Crippen LogP contribution in [0.15, 0.2) is 63.7 Å². The summed E-state index contributed by atoms with van der Waals surface area (Å²) in [6.07, 6.45) is 1.42. The molecule has 3 rings (SSSR count). The number of carbonyl (C=O) groups is 3. The zero-order valence-corrected chi connectivity index (χ0v) is 19.0. The number of carbonyl (C=O) groups excluding carboxylic acids is 2. The van der Waals surface area contributed by atoms with E-state index < -0.39 is 17.9 Å². The molecule has 0 saturated heterocycles. The molecule has 0 saturated carbocycles. The van der Waals surface area contributed by atoms with Gasteiger partial charge in [0.25, 0.3) is 5.91 Å². The van der Waals surface area contributed by atoms with Crippen molar-refractivity contribution in [1.29, 1.82) is 0 Å². The van der Waals surface area contributed by atoms with Crippen molar-refractivity contribution in [2.45, 2.75) is 6.42 Å². The lowest BCUT2D eigenvalue weighted by atomic mass is 9.93. The molecule has 1 unspecified atom stereocenters. The van der Waals surface area contributed by atoms with Crippen LogP contribution in [0, 0.1) is 5.92 Å². The van der Waals surface area contributed by atoms with Gasteiger partial charge in [0.1, 0.15) is 0 Å². The Kier molecular flexibility index (Phi) is 7.55. The average molecular weight is 501 g/mol. The molecule has 8 nitrogen and oxygen atoms in total. The topological polar surface area (TPSA) is 106 Å². The number of carboxylic acids is 1. The molecule has 0 aromatic heterocycles. The molecular formula is C23H21BrN2O6. The van der Waals surface area contributed by atoms with Crippen LogP contribution in [0.3, 0.4) is 0 Å². The van der Waals surface area contributed by atoms with Crippen molar-refractivity contribution in [1.82, 2.24) is 0 Å². The number of ether oxygens (including phenoxy) is 2. The molecule has 1 amide bonds. The van der Waals surface area contributed by atoms with Crippen LogP contribution in [-0.2, 0) is 19.1 Å². The Labute approximate surface area is 193 Å². The summed E-state index contributed by atoms with van der Waals surface area (Å²) in [6.45, 7) is 0.101. The van der Waals surface area contributed by atoms with Crippen LogP contribution in [0.25, 0.3) is 6.08 Å². The zero-order valence-electron chi connectivity index (χ0n) is 17.4. The standard InChI is InChI=1S/C23H21BrN2O6/c1-31-13-20-19(21(27)26(25-20)18-9-7-17(24)8-10-18)12-16(22(28)29)11-14-3-5-15(6-4-14)23(30)32-2/h3-11,19H,12-13H2,1-2H3,(H,28,29)/b16-11-. The van der Waals surface area contributed by atoms with Crippen molar-refractivity contribution in [2.24, 2.45) is 11.0 Å². The van der Waals surface area contributed by atoms with Crippen LogP contribution < -0.4 is 5.01 Å². The van der Waals surface area contributed by atoms with Gasteiger partial charge in [-0.1, -0.05) is 28.1 Å². The molecule has 1 atom stereocenters. The predicted molar refractivity (Wildman–Crippen MR) is 122 cm³/mol. The smallest absolute Gasteiger partial charge is 0.337 e. The van der Waals surface area contributed by atoms with Gasteiger partial charge >= 0.3 is 11.9 Å². The molecule has 1 aliphatic rings. The maximum absolute atomic E-state index is 13.1. The van der Waals surface area contributed by atoms with Gasteiger partial charge in [-0.25, -0.2) is 14.6 Å². The summed E-state index contributed by atoms with van der Waals surface area (Å²) >= 11 is 3.36. The summed E-state index contributed by atoms with van der Waals surface area (Å²) < 4.78 is 10.7. The second-order valence-corrected chi connectivity index (χ2v) is 7.91. The largest absolute Gasteiger partial charge is 0.478 e. The number of hydrazone groups is 1. The number of halogens is 1. The number of aliphatic carboxylic acids is 1. The number of anilines is 1. The fourth-order valence-corrected chi connectivity index (χ4v) is 3.51. The number of nitrogens with zero attached hydrogens (tertiary/aromatic N) is 2. The van der Waals surface area contributed by atoms with E-state index >= 15 is 0 Å². The minimum Gasteiger partial charge on any atom is -0.478 e. The number of amides is 1. The average Bonchev–Trinajstić information content (AvgIpc) is 3.09. The van der Waals surface area contributed by atoms with Crippen LogP contribution >= 0.6 is 15.9 Å². The lowest BCUT2D eigenvalue weighted by Crippen LogP contribution is -2.29. The summed E-state index contributed by atoms with van der Waals surface area (Å²) in [7, 11) is 2.77. The number of carboxylic acid groups (broad SMARTS) is 1. The van der Waals surface area contributed by atoms with Crippen molar-refractivity contribution < 1.29 is 29.0 Å². The highest BCUT2D eigenvalue weighted by Crippen LogP contribution is 2.29. The lowest BCUT2D eigenvalue weighted by molar-refractivity contribution is -0.132. The van der Waals surface area contributed by atoms with E-state index in [1.807, 2.05) is 0 Å². The number of hydrogen-bond donors (Lipinski definition) is 1. The number of methoxy groups -OCH3 is 2. The summed E-state index contributed by atoms with van der Waals surface area (Å²) in [5.41, 5.74) is 2.00. The molecule has 1 heterocycles. The Morgan fingerprint density at radius 1 is 1.12 bits per heavy atom. The van der Waals surface area contributed by atoms with Gasteiger partial charge < -0.3 is 14.6 Å². The van der Waals surface area contributed by atoms with Crippen LogP contribution in [0.2, 0.25) is 0 Å². The fraction of sp³-hybridized carbons (Fsp3) is 0.217. The number of benzene rings is 2. The first-order chi connectivity index (χ1) is 15.3. The molecule has 0 radical (unpaired) electrons. The van der Waals surface area contributed by atoms with Crippen molar-refractivity contribution in [2.75, 3.05) is 25.8 Å². The van der Waals surface area contributed by atoms with Crippen LogP contribution in [-0.4, -0.2) is 49.5 Å². The highest BCUT2D eigenvalue weighted by Gasteiger charge is 2.37. The molecule has 2 aromatic rings. The molecule has 1 N–H and O–H groups in total. The number of hydrogen-bond acceptors (Lipinski definition) is 6. The Hall–Kier alpha value is -3.30. The third-order valence-electron chi connectivity index (χ3n) is 4.87. The maximum atomic E-state index is 13.1. The van der Waals surface area contributed by atoms with Crippen molar-refractivity contribution >= 4 is 51.3 Å². The Morgan fingerprint density at radius 3 is 2.34 bits per heavy atom. The summed E-state index contributed by atoms with van der Waals surface area (Å²) in [5, 5.41) is 15.4. The predicted octanol–water partition coefficient (Wildman–Crippen LogP) is 3.76. The van der Waals surface area contributed by atoms with Crippen LogP contribution in [0.1, 0.15) is 22.3 Å². The number of esters is 1. The van der Waals surface area contributed by atoms with E-state index in [0.29, 0.717) is 22.5 Å². The molecule has 2 aromatic carbocycles. The van der Waals surface area contributed by atoms with E-state index in [-0.39, 0.29) is 24.5 Å². The van der Waals surface area contributed by atoms with Crippen LogP contribution in [0.4, 0.5) is 5.69 Å². The second-order valence-electron chi connectivity index (χ2n) is 7.00. The van der Waals surface area contributed by atoms with Gasteiger partial charge in [-0.15, -0.1) is 0 Å². The Balaban J connectivity index is 1.87. The molecule has 166 valence electrons. The quantitative estimate of drug-likeness (QED) is 0.436. The maximum Gasteiger partial charge on any atom is 0.337 e. The van der Waals surface area contributed by atoms with E-state index in [2.05, 4.69) is 25.8 Å². The van der Waals surface area contributed by atoms with E-state index in [0.717, 1.165) is 4.47 Å². The number of rotatable bonds is 8. The van der Waals surface area contributed by atoms with Gasteiger partial charge in [-0.3, -0.25) is 4.79 Å². The van der Waals surface area contributed by atoms with Gasteiger partial charge in [0.15, 0.2) is 0 Å². The summed E-state index contributed by atoms with van der Waals surface area (Å²) in [5.74, 6) is -2.72. The van der Waals surface area contributed by atoms with E-state index in [1.165, 1.54) is 25.3 Å². The van der Waals surface area contributed by atoms with Gasteiger partial charge in [0.2, 0.25) is 0 Å². The molecular weight excluding hydrogens is 480 g/mol. The zero-order chi connectivity index (χ0) is 23.3. The normalized spacial score (nSPS) is 16.2. The van der Waals surface area contributed by atoms with E-state index in [1.54, 1.807) is 48.5 Å². The fourth-order valence-electron chi connectivity index (χ4n) is 3.25. The monoisotopic (exact) mass is 500 g/mol.